The maximum Gasteiger partial charge on any atom is 0.194 e. The molecule has 1 aromatic heterocycles. The van der Waals surface area contributed by atoms with Crippen molar-refractivity contribution >= 4 is 5.96 Å². The number of rotatable bonds is 6. The smallest absolute Gasteiger partial charge is 0.194 e. The van der Waals surface area contributed by atoms with E-state index in [-0.39, 0.29) is 0 Å². The number of nitrogens with one attached hydrogen (secondary N) is 1. The highest BCUT2D eigenvalue weighted by Gasteiger charge is 2.27. The first-order chi connectivity index (χ1) is 12.3. The van der Waals surface area contributed by atoms with Crippen LogP contribution in [-0.4, -0.2) is 66.7 Å². The molecule has 2 atom stereocenters. The van der Waals surface area contributed by atoms with Crippen LogP contribution in [0.1, 0.15) is 44.5 Å². The number of piperidine rings is 1. The molecule has 0 radical (unpaired) electrons. The van der Waals surface area contributed by atoms with Gasteiger partial charge in [-0.3, -0.25) is 0 Å². The summed E-state index contributed by atoms with van der Waals surface area (Å²) in [5.41, 5.74) is 0. The monoisotopic (exact) mass is 348 g/mol. The number of likely N-dealkylation sites (tertiary alicyclic amines) is 2. The zero-order chi connectivity index (χ0) is 17.5. The summed E-state index contributed by atoms with van der Waals surface area (Å²) in [6.07, 6.45) is 6.22. The standard InChI is InChI=1S/C19H32N4O2/c1-2-20-19(21-13-17(24)18-7-6-12-25-18)23-11-8-16(15-23)14-22-9-4-3-5-10-22/h6-7,12,16-17,24H,2-5,8-11,13-15H2,1H3,(H,20,21). The number of furan rings is 1. The maximum atomic E-state index is 10.2. The van der Waals surface area contributed by atoms with Gasteiger partial charge in [0.1, 0.15) is 11.9 Å². The largest absolute Gasteiger partial charge is 0.467 e. The van der Waals surface area contributed by atoms with E-state index in [1.165, 1.54) is 45.3 Å². The van der Waals surface area contributed by atoms with Gasteiger partial charge in [0.2, 0.25) is 0 Å². The molecule has 2 unspecified atom stereocenters. The van der Waals surface area contributed by atoms with Crippen LogP contribution in [0.4, 0.5) is 0 Å². The first-order valence-corrected chi connectivity index (χ1v) is 9.73. The van der Waals surface area contributed by atoms with Crippen LogP contribution in [-0.2, 0) is 0 Å². The van der Waals surface area contributed by atoms with Gasteiger partial charge in [0.25, 0.3) is 0 Å². The molecule has 6 heteroatoms. The Morgan fingerprint density at radius 1 is 1.36 bits per heavy atom. The Labute approximate surface area is 150 Å². The molecule has 2 saturated heterocycles. The molecule has 1 aromatic rings. The van der Waals surface area contributed by atoms with E-state index >= 15 is 0 Å². The van der Waals surface area contributed by atoms with Gasteiger partial charge in [0.15, 0.2) is 5.96 Å². The molecule has 2 fully saturated rings. The molecular weight excluding hydrogens is 316 g/mol. The molecule has 2 N–H and O–H groups in total. The Hall–Kier alpha value is -1.53. The van der Waals surface area contributed by atoms with E-state index < -0.39 is 6.10 Å². The number of hydrogen-bond donors (Lipinski definition) is 2. The second-order valence-electron chi connectivity index (χ2n) is 7.19. The zero-order valence-electron chi connectivity index (χ0n) is 15.4. The second kappa shape index (κ2) is 9.25. The van der Waals surface area contributed by atoms with Crippen LogP contribution in [0.3, 0.4) is 0 Å². The Morgan fingerprint density at radius 3 is 2.92 bits per heavy atom. The summed E-state index contributed by atoms with van der Waals surface area (Å²) in [4.78, 5) is 9.61. The summed E-state index contributed by atoms with van der Waals surface area (Å²) in [5.74, 6) is 2.20. The fourth-order valence-corrected chi connectivity index (χ4v) is 3.85. The molecule has 6 nitrogen and oxygen atoms in total. The van der Waals surface area contributed by atoms with E-state index in [9.17, 15) is 5.11 Å². The topological polar surface area (TPSA) is 64.2 Å². The quantitative estimate of drug-likeness (QED) is 0.609. The van der Waals surface area contributed by atoms with Gasteiger partial charge in [-0.1, -0.05) is 6.42 Å². The van der Waals surface area contributed by atoms with E-state index in [0.29, 0.717) is 12.3 Å². The molecular formula is C19H32N4O2. The molecule has 2 aliphatic rings. The minimum atomic E-state index is -0.685. The lowest BCUT2D eigenvalue weighted by Crippen LogP contribution is -2.41. The number of guanidine groups is 1. The Balaban J connectivity index is 1.52. The Bertz CT molecular complexity index is 526. The molecule has 0 bridgehead atoms. The molecule has 0 aromatic carbocycles. The molecule has 0 aliphatic carbocycles. The first kappa shape index (κ1) is 18.3. The van der Waals surface area contributed by atoms with Crippen LogP contribution in [0, 0.1) is 5.92 Å². The van der Waals surface area contributed by atoms with Gasteiger partial charge < -0.3 is 24.6 Å². The van der Waals surface area contributed by atoms with Crippen molar-refractivity contribution in [1.82, 2.24) is 15.1 Å². The average Bonchev–Trinajstić information content (AvgIpc) is 3.31. The lowest BCUT2D eigenvalue weighted by molar-refractivity contribution is 0.158. The van der Waals surface area contributed by atoms with Gasteiger partial charge in [0, 0.05) is 26.2 Å². The fourth-order valence-electron chi connectivity index (χ4n) is 3.85. The predicted molar refractivity (Wildman–Crippen MR) is 99.6 cm³/mol. The van der Waals surface area contributed by atoms with Gasteiger partial charge in [-0.25, -0.2) is 4.99 Å². The van der Waals surface area contributed by atoms with Crippen molar-refractivity contribution in [3.63, 3.8) is 0 Å². The SMILES string of the molecule is CCNC(=NCC(O)c1ccco1)N1CCC(CN2CCCCC2)C1. The minimum absolute atomic E-state index is 0.323. The van der Waals surface area contributed by atoms with Gasteiger partial charge >= 0.3 is 0 Å². The summed E-state index contributed by atoms with van der Waals surface area (Å²) in [6.45, 7) is 9.08. The normalized spacial score (nSPS) is 23.8. The third-order valence-corrected chi connectivity index (χ3v) is 5.17. The summed E-state index contributed by atoms with van der Waals surface area (Å²) in [7, 11) is 0. The van der Waals surface area contributed by atoms with Gasteiger partial charge in [-0.2, -0.15) is 0 Å². The van der Waals surface area contributed by atoms with E-state index in [0.717, 1.165) is 31.5 Å². The number of nitrogens with zero attached hydrogens (tertiary/aromatic N) is 3. The van der Waals surface area contributed by atoms with Crippen LogP contribution in [0.15, 0.2) is 27.8 Å². The van der Waals surface area contributed by atoms with Crippen LogP contribution in [0.2, 0.25) is 0 Å². The van der Waals surface area contributed by atoms with Crippen LogP contribution < -0.4 is 5.32 Å². The van der Waals surface area contributed by atoms with Crippen molar-refractivity contribution in [2.45, 2.75) is 38.7 Å². The Morgan fingerprint density at radius 2 is 2.20 bits per heavy atom. The summed E-state index contributed by atoms with van der Waals surface area (Å²) in [5, 5.41) is 13.6. The zero-order valence-corrected chi connectivity index (χ0v) is 15.4. The number of aliphatic imine (C=N–C) groups is 1. The molecule has 3 heterocycles. The molecule has 3 rings (SSSR count). The minimum Gasteiger partial charge on any atom is -0.467 e. The average molecular weight is 348 g/mol. The molecule has 0 amide bonds. The fraction of sp³-hybridized carbons (Fsp3) is 0.737. The third-order valence-electron chi connectivity index (χ3n) is 5.17. The highest BCUT2D eigenvalue weighted by molar-refractivity contribution is 5.80. The third kappa shape index (κ3) is 5.22. The number of aliphatic hydroxyl groups is 1. The van der Waals surface area contributed by atoms with Crippen LogP contribution >= 0.6 is 0 Å². The van der Waals surface area contributed by atoms with Crippen LogP contribution in [0.5, 0.6) is 0 Å². The highest BCUT2D eigenvalue weighted by atomic mass is 16.4. The van der Waals surface area contributed by atoms with Crippen molar-refractivity contribution in [2.75, 3.05) is 45.8 Å². The van der Waals surface area contributed by atoms with Gasteiger partial charge in [-0.05, 0) is 57.3 Å². The van der Waals surface area contributed by atoms with Crippen LogP contribution in [0.25, 0.3) is 0 Å². The summed E-state index contributed by atoms with van der Waals surface area (Å²) in [6, 6.07) is 3.58. The summed E-state index contributed by atoms with van der Waals surface area (Å²) < 4.78 is 5.26. The van der Waals surface area contributed by atoms with E-state index in [1.807, 2.05) is 0 Å². The second-order valence-corrected chi connectivity index (χ2v) is 7.19. The number of hydrogen-bond acceptors (Lipinski definition) is 4. The van der Waals surface area contributed by atoms with Gasteiger partial charge in [-0.15, -0.1) is 0 Å². The van der Waals surface area contributed by atoms with Crippen molar-refractivity contribution in [3.05, 3.63) is 24.2 Å². The summed E-state index contributed by atoms with van der Waals surface area (Å²) >= 11 is 0. The predicted octanol–water partition coefficient (Wildman–Crippen LogP) is 2.09. The molecule has 140 valence electrons. The number of aliphatic hydroxyl groups excluding tert-OH is 1. The molecule has 0 spiro atoms. The van der Waals surface area contributed by atoms with Crippen molar-refractivity contribution in [3.8, 4) is 0 Å². The maximum absolute atomic E-state index is 10.2. The van der Waals surface area contributed by atoms with E-state index in [2.05, 4.69) is 27.0 Å². The van der Waals surface area contributed by atoms with E-state index in [4.69, 9.17) is 4.42 Å². The van der Waals surface area contributed by atoms with E-state index in [1.54, 1.807) is 18.4 Å². The lowest BCUT2D eigenvalue weighted by Gasteiger charge is -2.29. The first-order valence-electron chi connectivity index (χ1n) is 9.73. The lowest BCUT2D eigenvalue weighted by atomic mass is 10.1. The van der Waals surface area contributed by atoms with Crippen molar-refractivity contribution in [2.24, 2.45) is 10.9 Å². The molecule has 0 saturated carbocycles. The van der Waals surface area contributed by atoms with Gasteiger partial charge in [0.05, 0.1) is 12.8 Å². The molecule has 25 heavy (non-hydrogen) atoms. The van der Waals surface area contributed by atoms with Crippen molar-refractivity contribution < 1.29 is 9.52 Å². The highest BCUT2D eigenvalue weighted by Crippen LogP contribution is 2.20. The Kier molecular flexibility index (Phi) is 6.76. The van der Waals surface area contributed by atoms with Crippen molar-refractivity contribution in [1.29, 1.82) is 0 Å². The molecule has 2 aliphatic heterocycles.